The van der Waals surface area contributed by atoms with E-state index in [-0.39, 0.29) is 5.91 Å². The molecule has 2 amide bonds. The number of hydrogen-bond acceptors (Lipinski definition) is 5. The fourth-order valence-electron chi connectivity index (χ4n) is 3.95. The molecular weight excluding hydrogens is 492 g/mol. The Morgan fingerprint density at radius 2 is 1.65 bits per heavy atom. The van der Waals surface area contributed by atoms with Gasteiger partial charge in [0.15, 0.2) is 0 Å². The van der Waals surface area contributed by atoms with Crippen LogP contribution in [-0.2, 0) is 22.6 Å². The Morgan fingerprint density at radius 1 is 1.00 bits per heavy atom. The van der Waals surface area contributed by atoms with Gasteiger partial charge in [-0.1, -0.05) is 54.9 Å². The highest BCUT2D eigenvalue weighted by molar-refractivity contribution is 6.30. The number of nitrogens with one attached hydrogen (secondary N) is 1. The number of fused-ring (bicyclic) bond motifs is 1. The van der Waals surface area contributed by atoms with Gasteiger partial charge in [-0.15, -0.1) is 0 Å². The first-order chi connectivity index (χ1) is 17.6. The summed E-state index contributed by atoms with van der Waals surface area (Å²) in [4.78, 5) is 27.5. The number of halogens is 1. The number of hydrogen-bond donors (Lipinski definition) is 1. The van der Waals surface area contributed by atoms with Gasteiger partial charge >= 0.3 is 17.8 Å². The maximum absolute atomic E-state index is 13.9. The van der Waals surface area contributed by atoms with Crippen LogP contribution in [0.4, 0.5) is 10.5 Å². The molecule has 4 rings (SSSR count). The molecule has 7 nitrogen and oxygen atoms in total. The van der Waals surface area contributed by atoms with Crippen molar-refractivity contribution in [2.24, 2.45) is 0 Å². The number of rotatable bonds is 7. The number of alkyl carbamates (subject to hydrolysis) is 1. The maximum atomic E-state index is 13.9. The Hall–Kier alpha value is -3.71. The molecule has 1 heterocycles. The third-order valence-electron chi connectivity index (χ3n) is 5.76. The van der Waals surface area contributed by atoms with Crippen molar-refractivity contribution in [2.45, 2.75) is 58.6 Å². The fourth-order valence-corrected chi connectivity index (χ4v) is 4.07. The number of amides is 2. The first-order valence-electron chi connectivity index (χ1n) is 12.2. The second-order valence-electron chi connectivity index (χ2n) is 9.80. The summed E-state index contributed by atoms with van der Waals surface area (Å²) >= 11 is 6.05. The summed E-state index contributed by atoms with van der Waals surface area (Å²) in [5, 5.41) is 3.36. The first kappa shape index (κ1) is 26.4. The topological polar surface area (TPSA) is 77.1 Å². The quantitative estimate of drug-likeness (QED) is 0.384. The van der Waals surface area contributed by atoms with Crippen molar-refractivity contribution < 1.29 is 23.8 Å². The number of benzene rings is 3. The van der Waals surface area contributed by atoms with Gasteiger partial charge in [-0.3, -0.25) is 9.69 Å². The molecule has 8 heteroatoms. The largest absolute Gasteiger partial charge is 0.444 e. The Morgan fingerprint density at radius 3 is 2.30 bits per heavy atom. The molecule has 1 atom stereocenters. The number of carbonyl (C=O) groups excluding carboxylic acids is 2. The number of anilines is 1. The van der Waals surface area contributed by atoms with Crippen LogP contribution in [0.2, 0.25) is 5.02 Å². The molecule has 0 aromatic heterocycles. The van der Waals surface area contributed by atoms with Crippen molar-refractivity contribution >= 4 is 29.3 Å². The summed E-state index contributed by atoms with van der Waals surface area (Å²) in [6.45, 7) is 7.93. The van der Waals surface area contributed by atoms with E-state index in [1.54, 1.807) is 29.2 Å². The number of ether oxygens (including phenoxy) is 3. The highest BCUT2D eigenvalue weighted by atomic mass is 35.5. The van der Waals surface area contributed by atoms with Crippen LogP contribution in [0.15, 0.2) is 72.8 Å². The van der Waals surface area contributed by atoms with Gasteiger partial charge in [0, 0.05) is 18.0 Å². The summed E-state index contributed by atoms with van der Waals surface area (Å²) in [6, 6.07) is 22.0. The zero-order valence-corrected chi connectivity index (χ0v) is 22.2. The normalized spacial score (nSPS) is 17.0. The summed E-state index contributed by atoms with van der Waals surface area (Å²) in [7, 11) is 0. The molecule has 1 aliphatic rings. The van der Waals surface area contributed by atoms with Gasteiger partial charge in [0.2, 0.25) is 0 Å². The van der Waals surface area contributed by atoms with E-state index in [0.717, 1.165) is 11.1 Å². The van der Waals surface area contributed by atoms with Gasteiger partial charge in [-0.05, 0) is 68.3 Å². The summed E-state index contributed by atoms with van der Waals surface area (Å²) in [6.07, 6.45) is -0.197. The van der Waals surface area contributed by atoms with Gasteiger partial charge in [0.1, 0.15) is 17.1 Å². The molecule has 3 aromatic carbocycles. The van der Waals surface area contributed by atoms with Crippen molar-refractivity contribution in [3.05, 3.63) is 88.9 Å². The third-order valence-corrected chi connectivity index (χ3v) is 6.02. The van der Waals surface area contributed by atoms with Gasteiger partial charge < -0.3 is 19.5 Å². The van der Waals surface area contributed by atoms with Crippen LogP contribution < -0.4 is 19.7 Å². The average molecular weight is 523 g/mol. The molecule has 0 aliphatic carbocycles. The van der Waals surface area contributed by atoms with E-state index >= 15 is 0 Å². The third kappa shape index (κ3) is 6.35. The predicted octanol–water partition coefficient (Wildman–Crippen LogP) is 6.48. The van der Waals surface area contributed by atoms with Gasteiger partial charge in [-0.25, -0.2) is 4.79 Å². The second kappa shape index (κ2) is 10.7. The Balaban J connectivity index is 1.53. The lowest BCUT2D eigenvalue weighted by Crippen LogP contribution is -2.59. The van der Waals surface area contributed by atoms with Crippen molar-refractivity contribution in [3.63, 3.8) is 0 Å². The van der Waals surface area contributed by atoms with Gasteiger partial charge in [-0.2, -0.15) is 0 Å². The van der Waals surface area contributed by atoms with Crippen molar-refractivity contribution in [1.29, 1.82) is 0 Å². The molecule has 1 unspecified atom stereocenters. The number of carbonyl (C=O) groups is 2. The van der Waals surface area contributed by atoms with Gasteiger partial charge in [0.25, 0.3) is 0 Å². The second-order valence-corrected chi connectivity index (χ2v) is 10.2. The minimum absolute atomic E-state index is 0.291. The van der Waals surface area contributed by atoms with Crippen LogP contribution in [-0.4, -0.2) is 23.4 Å². The molecule has 3 aromatic rings. The highest BCUT2D eigenvalue weighted by Crippen LogP contribution is 2.41. The van der Waals surface area contributed by atoms with Crippen LogP contribution in [0.3, 0.4) is 0 Å². The van der Waals surface area contributed by atoms with E-state index < -0.39 is 17.5 Å². The molecule has 0 saturated heterocycles. The van der Waals surface area contributed by atoms with Crippen LogP contribution in [0.1, 0.15) is 45.2 Å². The highest BCUT2D eigenvalue weighted by Gasteiger charge is 2.49. The van der Waals surface area contributed by atoms with E-state index in [2.05, 4.69) is 5.32 Å². The minimum Gasteiger partial charge on any atom is -0.444 e. The minimum atomic E-state index is -1.53. The van der Waals surface area contributed by atoms with E-state index in [4.69, 9.17) is 25.8 Å². The molecule has 1 N–H and O–H groups in total. The van der Waals surface area contributed by atoms with Crippen LogP contribution in [0, 0.1) is 0 Å². The van der Waals surface area contributed by atoms with E-state index in [1.807, 2.05) is 76.2 Å². The van der Waals surface area contributed by atoms with E-state index in [1.165, 1.54) is 0 Å². The van der Waals surface area contributed by atoms with Crippen molar-refractivity contribution in [2.75, 3.05) is 4.90 Å². The van der Waals surface area contributed by atoms with Crippen LogP contribution >= 0.6 is 11.6 Å². The Kier molecular flexibility index (Phi) is 7.64. The predicted molar refractivity (Wildman–Crippen MR) is 143 cm³/mol. The zero-order chi connectivity index (χ0) is 26.6. The molecule has 194 valence electrons. The molecule has 0 spiro atoms. The monoisotopic (exact) mass is 522 g/mol. The summed E-state index contributed by atoms with van der Waals surface area (Å²) in [5.41, 5.74) is 1.90. The van der Waals surface area contributed by atoms with E-state index in [0.29, 0.717) is 41.7 Å². The molecule has 0 fully saturated rings. The van der Waals surface area contributed by atoms with Crippen LogP contribution in [0.5, 0.6) is 11.5 Å². The first-order valence-corrected chi connectivity index (χ1v) is 12.6. The van der Waals surface area contributed by atoms with Crippen LogP contribution in [0.25, 0.3) is 0 Å². The van der Waals surface area contributed by atoms with Crippen molar-refractivity contribution in [1.82, 2.24) is 5.32 Å². The number of nitrogens with zero attached hydrogens (tertiary/aromatic N) is 1. The lowest BCUT2D eigenvalue weighted by molar-refractivity contribution is -0.167. The van der Waals surface area contributed by atoms with E-state index in [9.17, 15) is 9.59 Å². The average Bonchev–Trinajstić information content (AvgIpc) is 2.86. The zero-order valence-electron chi connectivity index (χ0n) is 21.4. The number of para-hydroxylation sites is 2. The molecule has 0 saturated carbocycles. The molecule has 0 bridgehead atoms. The molecule has 1 aliphatic heterocycles. The Labute approximate surface area is 222 Å². The molecule has 37 heavy (non-hydrogen) atoms. The smallest absolute Gasteiger partial charge is 0.407 e. The molecular formula is C29H31ClN2O5. The lowest BCUT2D eigenvalue weighted by atomic mass is 10.1. The van der Waals surface area contributed by atoms with Gasteiger partial charge in [0.05, 0.1) is 12.2 Å². The fraction of sp³-hybridized carbons (Fsp3) is 0.310. The summed E-state index contributed by atoms with van der Waals surface area (Å²) < 4.78 is 17.7. The molecule has 0 radical (unpaired) electrons. The maximum Gasteiger partial charge on any atom is 0.407 e. The Bertz CT molecular complexity index is 1250. The summed E-state index contributed by atoms with van der Waals surface area (Å²) in [5.74, 6) is -0.783. The van der Waals surface area contributed by atoms with Crippen molar-refractivity contribution in [3.8, 4) is 11.5 Å². The lowest BCUT2D eigenvalue weighted by Gasteiger charge is -2.41. The standard InChI is InChI=1S/C29H31ClN2O5/c1-5-29(35-23-16-12-20(13-17-23)18-31-27(34)37-28(2,3)4)26(33)32(19-21-10-14-22(30)15-11-21)24-8-6-7-9-25(24)36-29/h6-17H,5,18-19H2,1-4H3,(H,31,34). The SMILES string of the molecule is CCC1(Oc2ccc(CNC(=O)OC(C)(C)C)cc2)Oc2ccccc2N(Cc2ccc(Cl)cc2)C1=O.